The van der Waals surface area contributed by atoms with Crippen molar-refractivity contribution >= 4 is 11.8 Å². The molecule has 1 aromatic rings. The number of esters is 1. The molecule has 19 heavy (non-hydrogen) atoms. The van der Waals surface area contributed by atoms with Crippen LogP contribution in [0.4, 0.5) is 27.8 Å². The predicted octanol–water partition coefficient (Wildman–Crippen LogP) is 2.34. The summed E-state index contributed by atoms with van der Waals surface area (Å²) in [5.41, 5.74) is 1.72. The molecule has 0 aliphatic carbocycles. The van der Waals surface area contributed by atoms with Gasteiger partial charge in [0, 0.05) is 0 Å². The van der Waals surface area contributed by atoms with E-state index in [4.69, 9.17) is 5.73 Å². The fraction of sp³-hybridized carbons (Fsp3) is 0.400. The number of methoxy groups -OCH3 is 1. The molecule has 2 N–H and O–H groups in total. The zero-order valence-electron chi connectivity index (χ0n) is 9.59. The molecule has 9 heteroatoms. The number of carbonyl (C=O) groups is 1. The van der Waals surface area contributed by atoms with Crippen LogP contribution in [0.1, 0.15) is 23.2 Å². The standard InChI is InChI=1S/C10H9F5N2O2/c1-19-6(18)3-4-2-5(10(13,14)15)7(8(11)12)9(16)17-4/h2,8H,3H2,1H3,(H2,16,17). The van der Waals surface area contributed by atoms with Gasteiger partial charge in [-0.2, -0.15) is 13.2 Å². The zero-order valence-corrected chi connectivity index (χ0v) is 9.59. The molecule has 0 saturated carbocycles. The van der Waals surface area contributed by atoms with E-state index in [1.54, 1.807) is 0 Å². The molecular weight excluding hydrogens is 275 g/mol. The van der Waals surface area contributed by atoms with E-state index >= 15 is 0 Å². The van der Waals surface area contributed by atoms with Gasteiger partial charge in [-0.3, -0.25) is 4.79 Å². The average molecular weight is 284 g/mol. The van der Waals surface area contributed by atoms with Crippen LogP contribution in [0, 0.1) is 0 Å². The second kappa shape index (κ2) is 5.37. The number of halogens is 5. The van der Waals surface area contributed by atoms with Gasteiger partial charge in [0.05, 0.1) is 30.4 Å². The molecule has 1 heterocycles. The fourth-order valence-electron chi connectivity index (χ4n) is 1.40. The number of aromatic nitrogens is 1. The highest BCUT2D eigenvalue weighted by molar-refractivity contribution is 5.72. The van der Waals surface area contributed by atoms with Crippen LogP contribution in [0.5, 0.6) is 0 Å². The number of nitrogen functional groups attached to an aromatic ring is 1. The van der Waals surface area contributed by atoms with Gasteiger partial charge in [-0.15, -0.1) is 0 Å². The first-order valence-corrected chi connectivity index (χ1v) is 4.88. The van der Waals surface area contributed by atoms with Crippen LogP contribution in [0.25, 0.3) is 0 Å². The number of ether oxygens (including phenoxy) is 1. The quantitative estimate of drug-likeness (QED) is 0.683. The Morgan fingerprint density at radius 1 is 1.47 bits per heavy atom. The van der Waals surface area contributed by atoms with Gasteiger partial charge in [0.25, 0.3) is 6.43 Å². The summed E-state index contributed by atoms with van der Waals surface area (Å²) in [6.07, 6.45) is -9.03. The maximum atomic E-state index is 12.7. The second-order valence-corrected chi connectivity index (χ2v) is 3.51. The summed E-state index contributed by atoms with van der Waals surface area (Å²) in [5.74, 6) is -1.81. The van der Waals surface area contributed by atoms with Gasteiger partial charge in [0.1, 0.15) is 5.82 Å². The Hall–Kier alpha value is -1.93. The Bertz CT molecular complexity index is 488. The first kappa shape index (κ1) is 15.1. The number of hydrogen-bond acceptors (Lipinski definition) is 4. The van der Waals surface area contributed by atoms with Gasteiger partial charge in [0.2, 0.25) is 0 Å². The Labute approximate surface area is 104 Å². The number of anilines is 1. The predicted molar refractivity (Wildman–Crippen MR) is 54.3 cm³/mol. The number of carbonyl (C=O) groups excluding carboxylic acids is 1. The minimum absolute atomic E-state index is 0.370. The van der Waals surface area contributed by atoms with Gasteiger partial charge in [0.15, 0.2) is 0 Å². The molecule has 0 unspecified atom stereocenters. The molecule has 0 atom stereocenters. The average Bonchev–Trinajstić information content (AvgIpc) is 2.26. The van der Waals surface area contributed by atoms with E-state index in [-0.39, 0.29) is 5.69 Å². The van der Waals surface area contributed by atoms with Crippen LogP contribution in [0.15, 0.2) is 6.07 Å². The van der Waals surface area contributed by atoms with E-state index in [1.807, 2.05) is 0 Å². The largest absolute Gasteiger partial charge is 0.469 e. The Kier molecular flexibility index (Phi) is 4.28. The molecule has 0 aliphatic heterocycles. The highest BCUT2D eigenvalue weighted by Crippen LogP contribution is 2.39. The lowest BCUT2D eigenvalue weighted by molar-refractivity contribution is -0.141. The smallest absolute Gasteiger partial charge is 0.417 e. The van der Waals surface area contributed by atoms with Crippen molar-refractivity contribution in [3.8, 4) is 0 Å². The summed E-state index contributed by atoms with van der Waals surface area (Å²) in [5, 5.41) is 0. The van der Waals surface area contributed by atoms with Crippen LogP contribution in [-0.4, -0.2) is 18.1 Å². The van der Waals surface area contributed by atoms with Crippen molar-refractivity contribution in [3.63, 3.8) is 0 Å². The first-order chi connectivity index (χ1) is 8.66. The summed E-state index contributed by atoms with van der Waals surface area (Å²) in [4.78, 5) is 14.3. The number of nitrogens with zero attached hydrogens (tertiary/aromatic N) is 1. The molecule has 1 aromatic heterocycles. The summed E-state index contributed by atoms with van der Waals surface area (Å²) < 4.78 is 67.3. The molecule has 0 saturated heterocycles. The Morgan fingerprint density at radius 2 is 2.05 bits per heavy atom. The fourth-order valence-corrected chi connectivity index (χ4v) is 1.40. The molecule has 0 bridgehead atoms. The maximum absolute atomic E-state index is 12.7. The molecule has 4 nitrogen and oxygen atoms in total. The highest BCUT2D eigenvalue weighted by Gasteiger charge is 2.38. The van der Waals surface area contributed by atoms with Crippen molar-refractivity contribution < 1.29 is 31.5 Å². The first-order valence-electron chi connectivity index (χ1n) is 4.88. The number of alkyl halides is 5. The molecule has 1 rings (SSSR count). The number of nitrogens with two attached hydrogens (primary N) is 1. The Balaban J connectivity index is 3.35. The molecule has 0 aliphatic rings. The third-order valence-corrected chi connectivity index (χ3v) is 2.22. The van der Waals surface area contributed by atoms with Gasteiger partial charge in [-0.05, 0) is 6.07 Å². The lowest BCUT2D eigenvalue weighted by Crippen LogP contribution is -2.16. The maximum Gasteiger partial charge on any atom is 0.417 e. The minimum Gasteiger partial charge on any atom is -0.469 e. The molecule has 0 spiro atoms. The van der Waals surface area contributed by atoms with Gasteiger partial charge in [-0.25, -0.2) is 13.8 Å². The lowest BCUT2D eigenvalue weighted by atomic mass is 10.1. The topological polar surface area (TPSA) is 65.2 Å². The number of rotatable bonds is 3. The van der Waals surface area contributed by atoms with Crippen molar-refractivity contribution in [2.75, 3.05) is 12.8 Å². The second-order valence-electron chi connectivity index (χ2n) is 3.51. The molecule has 0 radical (unpaired) electrons. The molecule has 0 aromatic carbocycles. The van der Waals surface area contributed by atoms with Crippen LogP contribution in [0.3, 0.4) is 0 Å². The van der Waals surface area contributed by atoms with E-state index in [2.05, 4.69) is 9.72 Å². The van der Waals surface area contributed by atoms with Gasteiger partial charge in [-0.1, -0.05) is 0 Å². The SMILES string of the molecule is COC(=O)Cc1cc(C(F)(F)F)c(C(F)F)c(N)n1. The summed E-state index contributed by atoms with van der Waals surface area (Å²) in [6.45, 7) is 0. The molecule has 0 amide bonds. The van der Waals surface area contributed by atoms with E-state index in [0.29, 0.717) is 6.07 Å². The lowest BCUT2D eigenvalue weighted by Gasteiger charge is -2.15. The molecule has 0 fully saturated rings. The van der Waals surface area contributed by atoms with E-state index < -0.39 is 41.9 Å². The van der Waals surface area contributed by atoms with Crippen LogP contribution < -0.4 is 5.73 Å². The van der Waals surface area contributed by atoms with Crippen LogP contribution in [-0.2, 0) is 22.1 Å². The third-order valence-electron chi connectivity index (χ3n) is 2.22. The van der Waals surface area contributed by atoms with Gasteiger partial charge < -0.3 is 10.5 Å². The van der Waals surface area contributed by atoms with E-state index in [0.717, 1.165) is 7.11 Å². The van der Waals surface area contributed by atoms with E-state index in [1.165, 1.54) is 0 Å². The molecular formula is C10H9F5N2O2. The normalized spacial score (nSPS) is 11.7. The van der Waals surface area contributed by atoms with Crippen LogP contribution >= 0.6 is 0 Å². The van der Waals surface area contributed by atoms with Crippen molar-refractivity contribution in [2.45, 2.75) is 19.0 Å². The third kappa shape index (κ3) is 3.52. The number of hydrogen-bond donors (Lipinski definition) is 1. The monoisotopic (exact) mass is 284 g/mol. The zero-order chi connectivity index (χ0) is 14.8. The van der Waals surface area contributed by atoms with Crippen molar-refractivity contribution in [1.29, 1.82) is 0 Å². The van der Waals surface area contributed by atoms with Crippen molar-refractivity contribution in [2.24, 2.45) is 0 Å². The van der Waals surface area contributed by atoms with Crippen molar-refractivity contribution in [3.05, 3.63) is 22.9 Å². The van der Waals surface area contributed by atoms with E-state index in [9.17, 15) is 26.7 Å². The minimum atomic E-state index is -5.02. The Morgan fingerprint density at radius 3 is 2.47 bits per heavy atom. The summed E-state index contributed by atoms with van der Waals surface area (Å²) in [6, 6.07) is 0.370. The number of pyridine rings is 1. The highest BCUT2D eigenvalue weighted by atomic mass is 19.4. The van der Waals surface area contributed by atoms with Crippen molar-refractivity contribution in [1.82, 2.24) is 4.98 Å². The van der Waals surface area contributed by atoms with Crippen LogP contribution in [0.2, 0.25) is 0 Å². The summed E-state index contributed by atoms with van der Waals surface area (Å²) in [7, 11) is 1.03. The summed E-state index contributed by atoms with van der Waals surface area (Å²) >= 11 is 0. The molecule has 106 valence electrons. The van der Waals surface area contributed by atoms with Gasteiger partial charge >= 0.3 is 12.1 Å².